The van der Waals surface area contributed by atoms with Gasteiger partial charge in [-0.3, -0.25) is 0 Å². The number of aromatic nitrogens is 3. The first-order valence-corrected chi connectivity index (χ1v) is 6.11. The zero-order valence-corrected chi connectivity index (χ0v) is 10.0. The summed E-state index contributed by atoms with van der Waals surface area (Å²) >= 11 is 0. The molecule has 3 heterocycles. The third-order valence-corrected chi connectivity index (χ3v) is 3.28. The fraction of sp³-hybridized carbons (Fsp3) is 0.500. The predicted octanol–water partition coefficient (Wildman–Crippen LogP) is 0.956. The van der Waals surface area contributed by atoms with Crippen molar-refractivity contribution in [1.29, 1.82) is 0 Å². The molecular formula is C12H16N4O2. The standard InChI is InChI=1S/C12H16N4O2/c13-7-10-14-12(18-15-10)11(9-3-6-17-8-9)16-4-1-2-5-16/h1-2,4-5,9,11H,3,6-8,13H2/t9-,11-/m1/s1. The Morgan fingerprint density at radius 2 is 2.28 bits per heavy atom. The highest BCUT2D eigenvalue weighted by Gasteiger charge is 2.32. The van der Waals surface area contributed by atoms with Crippen LogP contribution in [0.3, 0.4) is 0 Å². The third kappa shape index (κ3) is 2.04. The quantitative estimate of drug-likeness (QED) is 0.871. The average molecular weight is 248 g/mol. The van der Waals surface area contributed by atoms with E-state index >= 15 is 0 Å². The Hall–Kier alpha value is -1.66. The number of hydrogen-bond acceptors (Lipinski definition) is 5. The smallest absolute Gasteiger partial charge is 0.250 e. The van der Waals surface area contributed by atoms with Gasteiger partial charge in [0.2, 0.25) is 5.89 Å². The van der Waals surface area contributed by atoms with Crippen LogP contribution in [0, 0.1) is 5.92 Å². The molecule has 1 saturated heterocycles. The van der Waals surface area contributed by atoms with Crippen molar-refractivity contribution in [2.45, 2.75) is 19.0 Å². The van der Waals surface area contributed by atoms with E-state index in [1.165, 1.54) is 0 Å². The number of hydrogen-bond donors (Lipinski definition) is 1. The van der Waals surface area contributed by atoms with Gasteiger partial charge in [0.05, 0.1) is 13.2 Å². The first-order chi connectivity index (χ1) is 8.88. The van der Waals surface area contributed by atoms with Crippen LogP contribution in [0.15, 0.2) is 29.0 Å². The van der Waals surface area contributed by atoms with E-state index < -0.39 is 0 Å². The molecule has 0 amide bonds. The van der Waals surface area contributed by atoms with Crippen LogP contribution in [0.5, 0.6) is 0 Å². The number of rotatable bonds is 4. The van der Waals surface area contributed by atoms with Crippen molar-refractivity contribution in [3.63, 3.8) is 0 Å². The SMILES string of the molecule is NCc1noc([C@@H]([C@@H]2CCOC2)n2cccc2)n1. The molecule has 1 aliphatic heterocycles. The van der Waals surface area contributed by atoms with E-state index in [1.807, 2.05) is 24.5 Å². The van der Waals surface area contributed by atoms with Gasteiger partial charge in [0.25, 0.3) is 0 Å². The summed E-state index contributed by atoms with van der Waals surface area (Å²) in [5.41, 5.74) is 5.52. The summed E-state index contributed by atoms with van der Waals surface area (Å²) in [7, 11) is 0. The summed E-state index contributed by atoms with van der Waals surface area (Å²) in [5.74, 6) is 1.52. The molecule has 2 N–H and O–H groups in total. The van der Waals surface area contributed by atoms with Crippen molar-refractivity contribution in [1.82, 2.24) is 14.7 Å². The summed E-state index contributed by atoms with van der Waals surface area (Å²) in [6.07, 6.45) is 5.02. The van der Waals surface area contributed by atoms with E-state index in [1.54, 1.807) is 0 Å². The van der Waals surface area contributed by atoms with Gasteiger partial charge in [-0.2, -0.15) is 4.98 Å². The highest BCUT2D eigenvalue weighted by atomic mass is 16.5. The Labute approximate surface area is 105 Å². The molecule has 1 aliphatic rings. The molecule has 0 spiro atoms. The molecule has 3 rings (SSSR count). The lowest BCUT2D eigenvalue weighted by molar-refractivity contribution is 0.171. The van der Waals surface area contributed by atoms with Gasteiger partial charge in [0.1, 0.15) is 6.04 Å². The molecule has 0 aromatic carbocycles. The summed E-state index contributed by atoms with van der Waals surface area (Å²) in [6.45, 7) is 1.81. The van der Waals surface area contributed by atoms with E-state index in [2.05, 4.69) is 14.7 Å². The maximum Gasteiger partial charge on any atom is 0.250 e. The van der Waals surface area contributed by atoms with Gasteiger partial charge >= 0.3 is 0 Å². The van der Waals surface area contributed by atoms with Crippen LogP contribution in [0.25, 0.3) is 0 Å². The van der Waals surface area contributed by atoms with Crippen LogP contribution >= 0.6 is 0 Å². The van der Waals surface area contributed by atoms with Gasteiger partial charge < -0.3 is 19.6 Å². The average Bonchev–Trinajstić information content (AvgIpc) is 3.13. The van der Waals surface area contributed by atoms with E-state index in [4.69, 9.17) is 15.0 Å². The summed E-state index contributed by atoms with van der Waals surface area (Å²) < 4.78 is 12.9. The monoisotopic (exact) mass is 248 g/mol. The summed E-state index contributed by atoms with van der Waals surface area (Å²) in [5, 5.41) is 3.87. The Bertz CT molecular complexity index is 488. The number of nitrogens with zero attached hydrogens (tertiary/aromatic N) is 3. The molecule has 0 radical (unpaired) electrons. The van der Waals surface area contributed by atoms with Crippen molar-refractivity contribution in [3.8, 4) is 0 Å². The van der Waals surface area contributed by atoms with Crippen LogP contribution in [0.1, 0.15) is 24.2 Å². The van der Waals surface area contributed by atoms with Crippen molar-refractivity contribution >= 4 is 0 Å². The predicted molar refractivity (Wildman–Crippen MR) is 63.7 cm³/mol. The third-order valence-electron chi connectivity index (χ3n) is 3.28. The van der Waals surface area contributed by atoms with Gasteiger partial charge in [-0.1, -0.05) is 5.16 Å². The van der Waals surface area contributed by atoms with Gasteiger partial charge in [-0.05, 0) is 18.6 Å². The molecule has 0 saturated carbocycles. The fourth-order valence-corrected chi connectivity index (χ4v) is 2.38. The molecule has 1 fully saturated rings. The fourth-order valence-electron chi connectivity index (χ4n) is 2.38. The van der Waals surface area contributed by atoms with E-state index in [-0.39, 0.29) is 6.04 Å². The van der Waals surface area contributed by atoms with Gasteiger partial charge in [0.15, 0.2) is 5.82 Å². The Morgan fingerprint density at radius 3 is 2.89 bits per heavy atom. The zero-order chi connectivity index (χ0) is 12.4. The molecule has 6 nitrogen and oxygen atoms in total. The molecule has 96 valence electrons. The van der Waals surface area contributed by atoms with Gasteiger partial charge in [-0.25, -0.2) is 0 Å². The Balaban J connectivity index is 1.93. The second kappa shape index (κ2) is 4.91. The molecule has 18 heavy (non-hydrogen) atoms. The highest BCUT2D eigenvalue weighted by Crippen LogP contribution is 2.31. The highest BCUT2D eigenvalue weighted by molar-refractivity contribution is 5.04. The number of ether oxygens (including phenoxy) is 1. The zero-order valence-electron chi connectivity index (χ0n) is 10.0. The van der Waals surface area contributed by atoms with Crippen molar-refractivity contribution in [2.75, 3.05) is 13.2 Å². The lowest BCUT2D eigenvalue weighted by atomic mass is 9.99. The second-order valence-corrected chi connectivity index (χ2v) is 4.45. The summed E-state index contributed by atoms with van der Waals surface area (Å²) in [4.78, 5) is 4.35. The topological polar surface area (TPSA) is 79.1 Å². The molecular weight excluding hydrogens is 232 g/mol. The lowest BCUT2D eigenvalue weighted by Crippen LogP contribution is -2.20. The van der Waals surface area contributed by atoms with Crippen molar-refractivity contribution in [3.05, 3.63) is 36.2 Å². The first-order valence-electron chi connectivity index (χ1n) is 6.11. The molecule has 6 heteroatoms. The molecule has 2 atom stereocenters. The summed E-state index contributed by atoms with van der Waals surface area (Å²) in [6, 6.07) is 4.02. The maximum absolute atomic E-state index is 5.52. The van der Waals surface area contributed by atoms with Crippen LogP contribution in [-0.4, -0.2) is 27.9 Å². The minimum absolute atomic E-state index is 0.0373. The lowest BCUT2D eigenvalue weighted by Gasteiger charge is -2.20. The minimum atomic E-state index is 0.0373. The van der Waals surface area contributed by atoms with Crippen molar-refractivity contribution < 1.29 is 9.26 Å². The number of nitrogens with two attached hydrogens (primary N) is 1. The van der Waals surface area contributed by atoms with Crippen LogP contribution in [0.4, 0.5) is 0 Å². The van der Waals surface area contributed by atoms with Crippen LogP contribution in [-0.2, 0) is 11.3 Å². The largest absolute Gasteiger partial charge is 0.381 e. The van der Waals surface area contributed by atoms with E-state index in [9.17, 15) is 0 Å². The molecule has 0 aliphatic carbocycles. The van der Waals surface area contributed by atoms with Crippen LogP contribution in [0.2, 0.25) is 0 Å². The molecule has 2 aromatic heterocycles. The Kier molecular flexibility index (Phi) is 3.12. The van der Waals surface area contributed by atoms with Crippen molar-refractivity contribution in [2.24, 2.45) is 11.7 Å². The first kappa shape index (κ1) is 11.4. The second-order valence-electron chi connectivity index (χ2n) is 4.45. The minimum Gasteiger partial charge on any atom is -0.381 e. The van der Waals surface area contributed by atoms with E-state index in [0.29, 0.717) is 24.2 Å². The van der Waals surface area contributed by atoms with Crippen LogP contribution < -0.4 is 5.73 Å². The van der Waals surface area contributed by atoms with Gasteiger partial charge in [0, 0.05) is 24.9 Å². The maximum atomic E-state index is 5.52. The van der Waals surface area contributed by atoms with E-state index in [0.717, 1.165) is 19.6 Å². The molecule has 0 unspecified atom stereocenters. The molecule has 2 aromatic rings. The molecule has 0 bridgehead atoms. The normalized spacial score (nSPS) is 21.3. The Morgan fingerprint density at radius 1 is 1.44 bits per heavy atom. The van der Waals surface area contributed by atoms with Gasteiger partial charge in [-0.15, -0.1) is 0 Å².